The van der Waals surface area contributed by atoms with E-state index in [4.69, 9.17) is 23.2 Å². The van der Waals surface area contributed by atoms with Crippen molar-refractivity contribution >= 4 is 57.7 Å². The van der Waals surface area contributed by atoms with Crippen LogP contribution in [-0.2, 0) is 0 Å². The van der Waals surface area contributed by atoms with E-state index in [9.17, 15) is 0 Å². The van der Waals surface area contributed by atoms with Crippen LogP contribution in [0.4, 0.5) is 0 Å². The fourth-order valence-electron chi connectivity index (χ4n) is 0.124. The molecule has 0 fully saturated rings. The largest absolute Gasteiger partial charge is 0.180 e. The molecule has 0 aliphatic rings. The summed E-state index contributed by atoms with van der Waals surface area (Å²) in [5, 5.41) is 0. The summed E-state index contributed by atoms with van der Waals surface area (Å²) in [5.41, 5.74) is 0.625. The van der Waals surface area contributed by atoms with Crippen LogP contribution in [-0.4, -0.2) is 18.4 Å². The van der Waals surface area contributed by atoms with Gasteiger partial charge in [0.2, 0.25) is 0 Å². The second kappa shape index (κ2) is 5.93. The zero-order valence-corrected chi connectivity index (χ0v) is 8.14. The standard InChI is InChI=1S/C2H4BCl2IP/c4-1-3-7(6)2-5/h1-2H2. The van der Waals surface area contributed by atoms with E-state index in [2.05, 4.69) is 22.0 Å². The zero-order valence-electron chi connectivity index (χ0n) is 3.57. The van der Waals surface area contributed by atoms with Crippen LogP contribution in [0, 0.1) is 0 Å². The lowest BCUT2D eigenvalue weighted by molar-refractivity contribution is 2.15. The van der Waals surface area contributed by atoms with Gasteiger partial charge in [-0.2, -0.15) is 0 Å². The van der Waals surface area contributed by atoms with Gasteiger partial charge in [-0.1, -0.05) is 27.5 Å². The van der Waals surface area contributed by atoms with Gasteiger partial charge < -0.3 is 0 Å². The molecule has 0 aromatic heterocycles. The summed E-state index contributed by atoms with van der Waals surface area (Å²) in [6.07, 6.45) is 0. The maximum absolute atomic E-state index is 5.46. The first-order chi connectivity index (χ1) is 3.31. The van der Waals surface area contributed by atoms with Crippen molar-refractivity contribution in [3.8, 4) is 0 Å². The van der Waals surface area contributed by atoms with Gasteiger partial charge in [-0.3, -0.25) is 0 Å². The molecule has 0 aromatic rings. The van der Waals surface area contributed by atoms with Crippen molar-refractivity contribution in [2.24, 2.45) is 0 Å². The molecule has 0 aliphatic heterocycles. The van der Waals surface area contributed by atoms with Crippen LogP contribution in [0.5, 0.6) is 0 Å². The van der Waals surface area contributed by atoms with Crippen molar-refractivity contribution in [1.82, 2.24) is 0 Å². The Hall–Kier alpha value is 1.80. The van der Waals surface area contributed by atoms with E-state index in [-0.39, 0.29) is 5.44 Å². The molecular weight excluding hydrogens is 264 g/mol. The van der Waals surface area contributed by atoms with Gasteiger partial charge in [-0.25, -0.2) is 0 Å². The lowest BCUT2D eigenvalue weighted by Crippen LogP contribution is -1.84. The Labute approximate surface area is 68.8 Å². The molecule has 0 aliphatic carbocycles. The zero-order chi connectivity index (χ0) is 5.70. The van der Waals surface area contributed by atoms with Gasteiger partial charge in [-0.15, -0.1) is 23.2 Å². The van der Waals surface area contributed by atoms with Gasteiger partial charge in [0.1, 0.15) is 0 Å². The lowest BCUT2D eigenvalue weighted by atomic mass is 10.2. The smallest absolute Gasteiger partial charge is 0.136 e. The van der Waals surface area contributed by atoms with Gasteiger partial charge >= 0.3 is 0 Å². The van der Waals surface area contributed by atoms with Crippen molar-refractivity contribution < 1.29 is 0 Å². The normalized spacial score (nSPS) is 13.6. The Kier molecular flexibility index (Phi) is 7.46. The quantitative estimate of drug-likeness (QED) is 0.319. The Morgan fingerprint density at radius 1 is 1.57 bits per heavy atom. The first-order valence-corrected chi connectivity index (χ1v) is 7.14. The Morgan fingerprint density at radius 3 is 2.29 bits per heavy atom. The minimum Gasteiger partial charge on any atom is -0.136 e. The predicted molar refractivity (Wildman–Crippen MR) is 48.1 cm³/mol. The number of hydrogen-bond donors (Lipinski definition) is 0. The molecule has 0 saturated carbocycles. The monoisotopic (exact) mass is 267 g/mol. The summed E-state index contributed by atoms with van der Waals surface area (Å²) in [5.74, 6) is 0.626. The van der Waals surface area contributed by atoms with Gasteiger partial charge in [0.25, 0.3) is 0 Å². The fraction of sp³-hybridized carbons (Fsp3) is 1.00. The SMILES string of the molecule is ClC[B]P(I)CCl. The number of alkyl halides is 2. The summed E-state index contributed by atoms with van der Waals surface area (Å²) in [6.45, 7) is 2.03. The highest BCUT2D eigenvalue weighted by Gasteiger charge is 1.99. The summed E-state index contributed by atoms with van der Waals surface area (Å²) in [6, 6.07) is 0. The molecule has 0 nitrogen and oxygen atoms in total. The van der Waals surface area contributed by atoms with E-state index in [0.29, 0.717) is 5.78 Å². The molecule has 41 valence electrons. The maximum Gasteiger partial charge on any atom is 0.180 e. The molecule has 0 spiro atoms. The van der Waals surface area contributed by atoms with Crippen LogP contribution >= 0.6 is 50.7 Å². The molecule has 0 saturated heterocycles. The molecule has 0 amide bonds. The average Bonchev–Trinajstić information content (AvgIpc) is 1.68. The third kappa shape index (κ3) is 5.68. The van der Waals surface area contributed by atoms with Crippen LogP contribution in [0.1, 0.15) is 0 Å². The summed E-state index contributed by atoms with van der Waals surface area (Å²) >= 11 is 13.1. The maximum atomic E-state index is 5.46. The van der Waals surface area contributed by atoms with Gasteiger partial charge in [-0.05, 0) is 5.78 Å². The Balaban J connectivity index is 2.83. The molecule has 1 unspecified atom stereocenters. The van der Waals surface area contributed by atoms with Gasteiger partial charge in [0.15, 0.2) is 7.00 Å². The van der Waals surface area contributed by atoms with Crippen molar-refractivity contribution in [1.29, 1.82) is 0 Å². The van der Waals surface area contributed by atoms with E-state index >= 15 is 0 Å². The second-order valence-corrected chi connectivity index (χ2v) is 7.00. The van der Waals surface area contributed by atoms with Gasteiger partial charge in [0.05, 0.1) is 0 Å². The topological polar surface area (TPSA) is 0 Å². The molecule has 7 heavy (non-hydrogen) atoms. The highest BCUT2D eigenvalue weighted by molar-refractivity contribution is 14.2. The number of halogens is 3. The van der Waals surface area contributed by atoms with E-state index in [1.807, 2.05) is 7.00 Å². The molecule has 0 bridgehead atoms. The van der Waals surface area contributed by atoms with Crippen LogP contribution in [0.15, 0.2) is 0 Å². The van der Waals surface area contributed by atoms with E-state index in [1.54, 1.807) is 0 Å². The molecule has 0 aromatic carbocycles. The first kappa shape index (κ1) is 8.80. The summed E-state index contributed by atoms with van der Waals surface area (Å²) in [7, 11) is 0. The predicted octanol–water partition coefficient (Wildman–Crippen LogP) is 2.83. The van der Waals surface area contributed by atoms with E-state index in [1.165, 1.54) is 0 Å². The first-order valence-electron chi connectivity index (χ1n) is 1.69. The van der Waals surface area contributed by atoms with Crippen LogP contribution in [0.2, 0.25) is 0 Å². The summed E-state index contributed by atoms with van der Waals surface area (Å²) in [4.78, 5) is 0. The molecule has 0 rings (SSSR count). The highest BCUT2D eigenvalue weighted by atomic mass is 127. The van der Waals surface area contributed by atoms with E-state index < -0.39 is 0 Å². The Bertz CT molecular complexity index is 46.7. The van der Waals surface area contributed by atoms with Crippen molar-refractivity contribution in [3.63, 3.8) is 0 Å². The van der Waals surface area contributed by atoms with Crippen molar-refractivity contribution in [3.05, 3.63) is 0 Å². The third-order valence-corrected chi connectivity index (χ3v) is 5.75. The Morgan fingerprint density at radius 2 is 2.14 bits per heavy atom. The van der Waals surface area contributed by atoms with Crippen LogP contribution in [0.25, 0.3) is 0 Å². The van der Waals surface area contributed by atoms with Crippen molar-refractivity contribution in [2.45, 2.75) is 0 Å². The second-order valence-electron chi connectivity index (χ2n) is 0.856. The molecule has 0 heterocycles. The molecule has 1 atom stereocenters. The number of rotatable bonds is 3. The molecular formula is C2H4BCl2IP. The molecule has 1 radical (unpaired) electrons. The highest BCUT2D eigenvalue weighted by Crippen LogP contribution is 2.43. The minimum atomic E-state index is -0.1000. The van der Waals surface area contributed by atoms with Crippen LogP contribution < -0.4 is 0 Å². The minimum absolute atomic E-state index is 0.1000. The lowest BCUT2D eigenvalue weighted by Gasteiger charge is -1.97. The summed E-state index contributed by atoms with van der Waals surface area (Å²) < 4.78 is 0. The van der Waals surface area contributed by atoms with Gasteiger partial charge in [0, 0.05) is 5.62 Å². The van der Waals surface area contributed by atoms with E-state index in [0.717, 1.165) is 5.62 Å². The van der Waals surface area contributed by atoms with Crippen LogP contribution in [0.3, 0.4) is 0 Å². The average molecular weight is 268 g/mol. The molecule has 5 heteroatoms. The molecule has 0 N–H and O–H groups in total. The third-order valence-electron chi connectivity index (χ3n) is 0.381. The number of hydrogen-bond acceptors (Lipinski definition) is 0. The fourth-order valence-corrected chi connectivity index (χ4v) is 2.45. The van der Waals surface area contributed by atoms with Crippen molar-refractivity contribution in [2.75, 3.05) is 11.4 Å².